The van der Waals surface area contributed by atoms with Crippen molar-refractivity contribution in [2.45, 2.75) is 26.5 Å². The van der Waals surface area contributed by atoms with Gasteiger partial charge >= 0.3 is 0 Å². The molecule has 1 saturated heterocycles. The smallest absolute Gasteiger partial charge is 0.191 e. The van der Waals surface area contributed by atoms with Crippen LogP contribution in [0.3, 0.4) is 0 Å². The van der Waals surface area contributed by atoms with Gasteiger partial charge in [0.05, 0.1) is 26.4 Å². The second kappa shape index (κ2) is 11.8. The van der Waals surface area contributed by atoms with Crippen LogP contribution in [-0.2, 0) is 22.6 Å². The zero-order valence-electron chi connectivity index (χ0n) is 15.6. The third kappa shape index (κ3) is 7.42. The molecule has 0 spiro atoms. The van der Waals surface area contributed by atoms with Gasteiger partial charge in [0.15, 0.2) is 5.96 Å². The van der Waals surface area contributed by atoms with E-state index in [4.69, 9.17) is 14.5 Å². The Morgan fingerprint density at radius 1 is 1.20 bits per heavy atom. The van der Waals surface area contributed by atoms with Gasteiger partial charge < -0.3 is 20.1 Å². The van der Waals surface area contributed by atoms with Gasteiger partial charge in [0, 0.05) is 33.3 Å². The van der Waals surface area contributed by atoms with E-state index in [9.17, 15) is 0 Å². The number of guanidine groups is 1. The van der Waals surface area contributed by atoms with E-state index in [1.165, 1.54) is 11.1 Å². The van der Waals surface area contributed by atoms with Crippen molar-refractivity contribution in [2.75, 3.05) is 53.0 Å². The lowest BCUT2D eigenvalue weighted by Crippen LogP contribution is -2.40. The number of aliphatic imine (C=N–C) groups is 1. The first-order chi connectivity index (χ1) is 12.3. The van der Waals surface area contributed by atoms with Crippen LogP contribution in [0.2, 0.25) is 0 Å². The van der Waals surface area contributed by atoms with Gasteiger partial charge in [0.1, 0.15) is 0 Å². The molecule has 1 fully saturated rings. The zero-order chi connectivity index (χ0) is 17.7. The van der Waals surface area contributed by atoms with Gasteiger partial charge in [-0.25, -0.2) is 4.99 Å². The topological polar surface area (TPSA) is 58.1 Å². The lowest BCUT2D eigenvalue weighted by Gasteiger charge is -2.26. The van der Waals surface area contributed by atoms with E-state index in [1.54, 1.807) is 7.11 Å². The zero-order valence-corrected chi connectivity index (χ0v) is 15.6. The minimum absolute atomic E-state index is 0.620. The minimum Gasteiger partial charge on any atom is -0.380 e. The molecule has 1 aromatic carbocycles. The summed E-state index contributed by atoms with van der Waals surface area (Å²) < 4.78 is 10.6. The van der Waals surface area contributed by atoms with Gasteiger partial charge in [0.25, 0.3) is 0 Å². The molecule has 0 amide bonds. The molecule has 2 N–H and O–H groups in total. The van der Waals surface area contributed by atoms with Crippen LogP contribution < -0.4 is 10.6 Å². The molecule has 1 aliphatic heterocycles. The first-order valence-electron chi connectivity index (χ1n) is 9.21. The van der Waals surface area contributed by atoms with Gasteiger partial charge in [0.2, 0.25) is 0 Å². The number of hydrogen-bond acceptors (Lipinski definition) is 4. The Hall–Kier alpha value is -1.63. The maximum Gasteiger partial charge on any atom is 0.191 e. The third-order valence-electron chi connectivity index (χ3n) is 4.22. The maximum absolute atomic E-state index is 5.38. The molecule has 6 nitrogen and oxygen atoms in total. The summed E-state index contributed by atoms with van der Waals surface area (Å²) in [5.74, 6) is 0.872. The molecule has 0 saturated carbocycles. The van der Waals surface area contributed by atoms with Crippen LogP contribution in [0.5, 0.6) is 0 Å². The predicted molar refractivity (Wildman–Crippen MR) is 102 cm³/mol. The van der Waals surface area contributed by atoms with Crippen LogP contribution in [0.1, 0.15) is 24.5 Å². The van der Waals surface area contributed by atoms with Crippen LogP contribution in [-0.4, -0.2) is 63.9 Å². The largest absolute Gasteiger partial charge is 0.380 e. The summed E-state index contributed by atoms with van der Waals surface area (Å²) >= 11 is 0. The van der Waals surface area contributed by atoms with Crippen molar-refractivity contribution < 1.29 is 9.47 Å². The highest BCUT2D eigenvalue weighted by Gasteiger charge is 2.09. The van der Waals surface area contributed by atoms with Crippen LogP contribution in [0, 0.1) is 0 Å². The summed E-state index contributed by atoms with van der Waals surface area (Å²) in [6.07, 6.45) is 1.10. The molecule has 1 aliphatic rings. The molecule has 1 aromatic rings. The minimum atomic E-state index is 0.620. The highest BCUT2D eigenvalue weighted by molar-refractivity contribution is 5.79. The number of rotatable bonds is 9. The molecular weight excluding hydrogens is 316 g/mol. The summed E-state index contributed by atoms with van der Waals surface area (Å²) in [5.41, 5.74) is 2.40. The summed E-state index contributed by atoms with van der Waals surface area (Å²) in [4.78, 5) is 7.17. The van der Waals surface area contributed by atoms with E-state index in [2.05, 4.69) is 34.6 Å². The SMILES string of the molecule is CCNC(=NCc1ccccc1COC)NCCCN1CCOCC1. The molecule has 0 atom stereocenters. The summed E-state index contributed by atoms with van der Waals surface area (Å²) in [6, 6.07) is 8.29. The van der Waals surface area contributed by atoms with E-state index < -0.39 is 0 Å². The average Bonchev–Trinajstić information content (AvgIpc) is 2.65. The van der Waals surface area contributed by atoms with E-state index in [1.807, 2.05) is 12.1 Å². The number of methoxy groups -OCH3 is 1. The van der Waals surface area contributed by atoms with Crippen LogP contribution in [0.25, 0.3) is 0 Å². The molecule has 0 radical (unpaired) electrons. The Balaban J connectivity index is 1.79. The van der Waals surface area contributed by atoms with Gasteiger partial charge in [-0.05, 0) is 31.0 Å². The number of nitrogens with zero attached hydrogens (tertiary/aromatic N) is 2. The van der Waals surface area contributed by atoms with Gasteiger partial charge in [-0.15, -0.1) is 0 Å². The molecule has 140 valence electrons. The predicted octanol–water partition coefficient (Wildman–Crippen LogP) is 1.61. The van der Waals surface area contributed by atoms with Crippen molar-refractivity contribution in [2.24, 2.45) is 4.99 Å². The second-order valence-electron chi connectivity index (χ2n) is 6.13. The second-order valence-corrected chi connectivity index (χ2v) is 6.13. The first kappa shape index (κ1) is 19.7. The Morgan fingerprint density at radius 2 is 1.96 bits per heavy atom. The molecule has 6 heteroatoms. The van der Waals surface area contributed by atoms with E-state index in [-0.39, 0.29) is 0 Å². The fraction of sp³-hybridized carbons (Fsp3) is 0.632. The van der Waals surface area contributed by atoms with Crippen molar-refractivity contribution in [1.29, 1.82) is 0 Å². The number of hydrogen-bond donors (Lipinski definition) is 2. The van der Waals surface area contributed by atoms with Crippen molar-refractivity contribution in [3.8, 4) is 0 Å². The number of nitrogens with one attached hydrogen (secondary N) is 2. The van der Waals surface area contributed by atoms with E-state index in [0.29, 0.717) is 13.2 Å². The number of benzene rings is 1. The molecular formula is C19H32N4O2. The lowest BCUT2D eigenvalue weighted by molar-refractivity contribution is 0.0376. The van der Waals surface area contributed by atoms with Gasteiger partial charge in [-0.2, -0.15) is 0 Å². The van der Waals surface area contributed by atoms with Gasteiger partial charge in [-0.3, -0.25) is 4.90 Å². The fourth-order valence-electron chi connectivity index (χ4n) is 2.85. The van der Waals surface area contributed by atoms with Crippen LogP contribution in [0.4, 0.5) is 0 Å². The van der Waals surface area contributed by atoms with Crippen molar-refractivity contribution >= 4 is 5.96 Å². The molecule has 2 rings (SSSR count). The quantitative estimate of drug-likeness (QED) is 0.403. The molecule has 25 heavy (non-hydrogen) atoms. The molecule has 1 heterocycles. The van der Waals surface area contributed by atoms with Crippen molar-refractivity contribution in [3.63, 3.8) is 0 Å². The Morgan fingerprint density at radius 3 is 2.68 bits per heavy atom. The van der Waals surface area contributed by atoms with Crippen molar-refractivity contribution in [3.05, 3.63) is 35.4 Å². The third-order valence-corrected chi connectivity index (χ3v) is 4.22. The highest BCUT2D eigenvalue weighted by atomic mass is 16.5. The Labute approximate surface area is 151 Å². The molecule has 0 aromatic heterocycles. The number of morpholine rings is 1. The average molecular weight is 348 g/mol. The Bertz CT molecular complexity index is 516. The van der Waals surface area contributed by atoms with Crippen molar-refractivity contribution in [1.82, 2.24) is 15.5 Å². The summed E-state index contributed by atoms with van der Waals surface area (Å²) in [7, 11) is 1.72. The first-order valence-corrected chi connectivity index (χ1v) is 9.21. The normalized spacial score (nSPS) is 16.0. The van der Waals surface area contributed by atoms with E-state index in [0.717, 1.165) is 58.3 Å². The molecule has 0 bridgehead atoms. The maximum atomic E-state index is 5.38. The van der Waals surface area contributed by atoms with Crippen LogP contribution in [0.15, 0.2) is 29.3 Å². The summed E-state index contributed by atoms with van der Waals surface area (Å²) in [6.45, 7) is 10.0. The monoisotopic (exact) mass is 348 g/mol. The fourth-order valence-corrected chi connectivity index (χ4v) is 2.85. The van der Waals surface area contributed by atoms with E-state index >= 15 is 0 Å². The molecule has 0 aliphatic carbocycles. The lowest BCUT2D eigenvalue weighted by atomic mass is 10.1. The standard InChI is InChI=1S/C19H32N4O2/c1-3-20-19(21-9-6-10-23-11-13-25-14-12-23)22-15-17-7-4-5-8-18(17)16-24-2/h4-5,7-8H,3,6,9-16H2,1-2H3,(H2,20,21,22). The number of ether oxygens (including phenoxy) is 2. The van der Waals surface area contributed by atoms with Gasteiger partial charge in [-0.1, -0.05) is 24.3 Å². The Kier molecular flexibility index (Phi) is 9.33. The summed E-state index contributed by atoms with van der Waals surface area (Å²) in [5, 5.41) is 6.75. The molecule has 0 unspecified atom stereocenters. The van der Waals surface area contributed by atoms with Crippen LogP contribution >= 0.6 is 0 Å². The highest BCUT2D eigenvalue weighted by Crippen LogP contribution is 2.11.